The van der Waals surface area contributed by atoms with Gasteiger partial charge < -0.3 is 5.11 Å². The molecule has 1 rings (SSSR count). The Balaban J connectivity index is 2.99. The van der Waals surface area contributed by atoms with Gasteiger partial charge in [0, 0.05) is 10.7 Å². The second-order valence-corrected chi connectivity index (χ2v) is 7.28. The van der Waals surface area contributed by atoms with Crippen LogP contribution >= 0.6 is 15.9 Å². The molecular formula is C11H12BrF3O3S. The maximum absolute atomic E-state index is 12.5. The number of halogens is 4. The predicted molar refractivity (Wildman–Crippen MR) is 68.4 cm³/mol. The number of aliphatic hydroxyl groups excluding tert-OH is 1. The van der Waals surface area contributed by atoms with Gasteiger partial charge >= 0.3 is 6.18 Å². The number of sulfone groups is 1. The fraction of sp³-hybridized carbons (Fsp3) is 0.455. The van der Waals surface area contributed by atoms with Crippen molar-refractivity contribution in [1.82, 2.24) is 0 Å². The Labute approximate surface area is 117 Å². The van der Waals surface area contributed by atoms with Gasteiger partial charge in [0.1, 0.15) is 9.84 Å². The van der Waals surface area contributed by atoms with Crippen molar-refractivity contribution in [3.8, 4) is 0 Å². The van der Waals surface area contributed by atoms with Crippen molar-refractivity contribution in [2.45, 2.75) is 18.7 Å². The summed E-state index contributed by atoms with van der Waals surface area (Å²) < 4.78 is 59.9. The van der Waals surface area contributed by atoms with Crippen molar-refractivity contribution in [3.05, 3.63) is 33.8 Å². The van der Waals surface area contributed by atoms with Crippen LogP contribution in [-0.2, 0) is 16.0 Å². The summed E-state index contributed by atoms with van der Waals surface area (Å²) in [5, 5.41) is 9.79. The molecule has 0 aliphatic carbocycles. The van der Waals surface area contributed by atoms with Gasteiger partial charge in [-0.05, 0) is 30.2 Å². The first-order chi connectivity index (χ1) is 8.50. The van der Waals surface area contributed by atoms with Crippen LogP contribution in [0.15, 0.2) is 22.7 Å². The van der Waals surface area contributed by atoms with Crippen LogP contribution in [0.1, 0.15) is 23.7 Å². The lowest BCUT2D eigenvalue weighted by atomic mass is 10.0. The first kappa shape index (κ1) is 16.5. The van der Waals surface area contributed by atoms with Crippen molar-refractivity contribution >= 4 is 25.8 Å². The van der Waals surface area contributed by atoms with Crippen LogP contribution in [0.5, 0.6) is 0 Å². The lowest BCUT2D eigenvalue weighted by Crippen LogP contribution is -2.11. The summed E-state index contributed by atoms with van der Waals surface area (Å²) in [5.41, 5.74) is -0.859. The van der Waals surface area contributed by atoms with E-state index >= 15 is 0 Å². The molecule has 0 aromatic heterocycles. The lowest BCUT2D eigenvalue weighted by molar-refractivity contribution is -0.137. The molecule has 1 unspecified atom stereocenters. The van der Waals surface area contributed by atoms with Crippen LogP contribution in [-0.4, -0.2) is 25.5 Å². The van der Waals surface area contributed by atoms with Gasteiger partial charge in [-0.2, -0.15) is 13.2 Å². The largest absolute Gasteiger partial charge is 0.416 e. The van der Waals surface area contributed by atoms with Gasteiger partial charge in [0.2, 0.25) is 0 Å². The summed E-state index contributed by atoms with van der Waals surface area (Å²) in [6.07, 6.45) is -4.93. The van der Waals surface area contributed by atoms with Gasteiger partial charge in [0.25, 0.3) is 0 Å². The second-order valence-electron chi connectivity index (χ2n) is 4.17. The van der Waals surface area contributed by atoms with Gasteiger partial charge in [-0.1, -0.05) is 15.9 Å². The van der Waals surface area contributed by atoms with E-state index in [9.17, 15) is 26.7 Å². The molecule has 0 spiro atoms. The standard InChI is InChI=1S/C11H12BrF3O3S/c1-19(17,18)5-4-10(16)8-6-7(11(13,14)15)2-3-9(8)12/h2-3,6,10,16H,4-5H2,1H3. The van der Waals surface area contributed by atoms with Crippen molar-refractivity contribution in [2.24, 2.45) is 0 Å². The maximum Gasteiger partial charge on any atom is 0.416 e. The van der Waals surface area contributed by atoms with Crippen molar-refractivity contribution < 1.29 is 26.7 Å². The Kier molecular flexibility index (Phi) is 5.02. The molecule has 0 radical (unpaired) electrons. The minimum absolute atomic E-state index is 0.0264. The molecule has 19 heavy (non-hydrogen) atoms. The Hall–Kier alpha value is -0.600. The summed E-state index contributed by atoms with van der Waals surface area (Å²) in [6, 6.07) is 2.88. The number of aliphatic hydroxyl groups is 1. The van der Waals surface area contributed by atoms with Crippen molar-refractivity contribution in [2.75, 3.05) is 12.0 Å². The summed E-state index contributed by atoms with van der Waals surface area (Å²) in [7, 11) is -3.28. The first-order valence-corrected chi connectivity index (χ1v) is 8.08. The molecule has 0 amide bonds. The summed E-state index contributed by atoms with van der Waals surface area (Å²) in [4.78, 5) is 0. The topological polar surface area (TPSA) is 54.4 Å². The molecule has 1 aromatic carbocycles. The average molecular weight is 361 g/mol. The van der Waals surface area contributed by atoms with Crippen LogP contribution in [0.4, 0.5) is 13.2 Å². The van der Waals surface area contributed by atoms with E-state index in [0.29, 0.717) is 4.47 Å². The third-order valence-electron chi connectivity index (χ3n) is 2.44. The normalized spacial score (nSPS) is 14.4. The van der Waals surface area contributed by atoms with E-state index in [1.165, 1.54) is 6.07 Å². The van der Waals surface area contributed by atoms with E-state index in [4.69, 9.17) is 0 Å². The molecule has 3 nitrogen and oxygen atoms in total. The average Bonchev–Trinajstić information content (AvgIpc) is 2.24. The highest BCUT2D eigenvalue weighted by molar-refractivity contribution is 9.10. The zero-order valence-corrected chi connectivity index (χ0v) is 12.3. The molecule has 0 bridgehead atoms. The number of benzene rings is 1. The smallest absolute Gasteiger partial charge is 0.388 e. The van der Waals surface area contributed by atoms with E-state index in [1.54, 1.807) is 0 Å². The minimum atomic E-state index is -4.51. The minimum Gasteiger partial charge on any atom is -0.388 e. The van der Waals surface area contributed by atoms with Crippen molar-refractivity contribution in [1.29, 1.82) is 0 Å². The highest BCUT2D eigenvalue weighted by Crippen LogP contribution is 2.34. The van der Waals surface area contributed by atoms with E-state index < -0.39 is 27.7 Å². The summed E-state index contributed by atoms with van der Waals surface area (Å²) >= 11 is 3.04. The van der Waals surface area contributed by atoms with Crippen LogP contribution in [0.25, 0.3) is 0 Å². The second kappa shape index (κ2) is 5.80. The Morgan fingerprint density at radius 3 is 2.42 bits per heavy atom. The molecule has 0 heterocycles. The molecule has 1 N–H and O–H groups in total. The van der Waals surface area contributed by atoms with Gasteiger partial charge in [0.05, 0.1) is 17.4 Å². The summed E-state index contributed by atoms with van der Waals surface area (Å²) in [6.45, 7) is 0. The van der Waals surface area contributed by atoms with Crippen LogP contribution < -0.4 is 0 Å². The Morgan fingerprint density at radius 2 is 1.95 bits per heavy atom. The monoisotopic (exact) mass is 360 g/mol. The number of alkyl halides is 3. The van der Waals surface area contributed by atoms with Crippen LogP contribution in [0, 0.1) is 0 Å². The molecule has 0 saturated carbocycles. The summed E-state index contributed by atoms with van der Waals surface area (Å²) in [5.74, 6) is -0.295. The maximum atomic E-state index is 12.5. The molecule has 0 aliphatic rings. The molecule has 1 aromatic rings. The highest BCUT2D eigenvalue weighted by atomic mass is 79.9. The van der Waals surface area contributed by atoms with E-state index in [2.05, 4.69) is 15.9 Å². The molecule has 108 valence electrons. The van der Waals surface area contributed by atoms with E-state index in [1.807, 2.05) is 0 Å². The zero-order chi connectivity index (χ0) is 14.8. The van der Waals surface area contributed by atoms with Gasteiger partial charge in [0.15, 0.2) is 0 Å². The van der Waals surface area contributed by atoms with Gasteiger partial charge in [-0.15, -0.1) is 0 Å². The molecule has 0 aliphatic heterocycles. The van der Waals surface area contributed by atoms with Crippen LogP contribution in [0.2, 0.25) is 0 Å². The SMILES string of the molecule is CS(=O)(=O)CCC(O)c1cc(C(F)(F)F)ccc1Br. The third kappa shape index (κ3) is 5.12. The third-order valence-corrected chi connectivity index (χ3v) is 4.14. The van der Waals surface area contributed by atoms with Crippen molar-refractivity contribution in [3.63, 3.8) is 0 Å². The highest BCUT2D eigenvalue weighted by Gasteiger charge is 2.31. The molecule has 8 heteroatoms. The zero-order valence-electron chi connectivity index (χ0n) is 9.91. The lowest BCUT2D eigenvalue weighted by Gasteiger charge is -2.15. The Bertz CT molecular complexity index is 555. The molecular weight excluding hydrogens is 349 g/mol. The van der Waals surface area contributed by atoms with Gasteiger partial charge in [-0.3, -0.25) is 0 Å². The van der Waals surface area contributed by atoms with E-state index in [-0.39, 0.29) is 17.7 Å². The first-order valence-electron chi connectivity index (χ1n) is 5.23. The van der Waals surface area contributed by atoms with Gasteiger partial charge in [-0.25, -0.2) is 8.42 Å². The Morgan fingerprint density at radius 1 is 1.37 bits per heavy atom. The molecule has 0 saturated heterocycles. The fourth-order valence-electron chi connectivity index (χ4n) is 1.46. The number of rotatable bonds is 4. The van der Waals surface area contributed by atoms with E-state index in [0.717, 1.165) is 18.4 Å². The van der Waals surface area contributed by atoms with Crippen LogP contribution in [0.3, 0.4) is 0 Å². The number of hydrogen-bond donors (Lipinski definition) is 1. The molecule has 1 atom stereocenters. The quantitative estimate of drug-likeness (QED) is 0.897. The molecule has 0 fully saturated rings. The fourth-order valence-corrected chi connectivity index (χ4v) is 2.62. The number of hydrogen-bond acceptors (Lipinski definition) is 3. The predicted octanol–water partition coefficient (Wildman–Crippen LogP) is 2.94.